The van der Waals surface area contributed by atoms with Crippen LogP contribution in [0.5, 0.6) is 5.75 Å². The van der Waals surface area contributed by atoms with Crippen LogP contribution in [0, 0.1) is 11.6 Å². The summed E-state index contributed by atoms with van der Waals surface area (Å²) < 4.78 is 32.5. The summed E-state index contributed by atoms with van der Waals surface area (Å²) in [5, 5.41) is 0.385. The molecule has 6 heteroatoms. The number of ether oxygens (including phenoxy) is 1. The third-order valence-corrected chi connectivity index (χ3v) is 3.13. The smallest absolute Gasteiger partial charge is 0.259 e. The highest BCUT2D eigenvalue weighted by molar-refractivity contribution is 5.79. The van der Waals surface area contributed by atoms with Crippen molar-refractivity contribution in [3.63, 3.8) is 0 Å². The predicted octanol–water partition coefficient (Wildman–Crippen LogP) is 2.88. The number of nitrogens with one attached hydrogen (secondary N) is 1. The molecule has 106 valence electrons. The molecule has 0 radical (unpaired) electrons. The molecule has 0 unspecified atom stereocenters. The van der Waals surface area contributed by atoms with E-state index in [4.69, 9.17) is 4.74 Å². The van der Waals surface area contributed by atoms with Gasteiger partial charge in [0.15, 0.2) is 11.6 Å². The number of halogens is 2. The Hall–Kier alpha value is -2.76. The van der Waals surface area contributed by atoms with Gasteiger partial charge in [0, 0.05) is 0 Å². The summed E-state index contributed by atoms with van der Waals surface area (Å²) in [5.74, 6) is -2.48. The number of nitrogens with zero attached hydrogens (tertiary/aromatic N) is 1. The third-order valence-electron chi connectivity index (χ3n) is 3.13. The molecule has 0 atom stereocenters. The van der Waals surface area contributed by atoms with Crippen molar-refractivity contribution in [1.82, 2.24) is 9.97 Å². The van der Waals surface area contributed by atoms with Crippen molar-refractivity contribution >= 4 is 10.9 Å². The number of hydrogen-bond donors (Lipinski definition) is 1. The molecule has 0 saturated carbocycles. The predicted molar refractivity (Wildman–Crippen MR) is 74.3 cm³/mol. The first kappa shape index (κ1) is 13.2. The van der Waals surface area contributed by atoms with Gasteiger partial charge in [0.05, 0.1) is 23.6 Å². The maximum Gasteiger partial charge on any atom is 0.259 e. The van der Waals surface area contributed by atoms with E-state index in [1.807, 2.05) is 0 Å². The van der Waals surface area contributed by atoms with E-state index in [-0.39, 0.29) is 17.1 Å². The molecule has 0 fully saturated rings. The Labute approximate surface area is 118 Å². The lowest BCUT2D eigenvalue weighted by molar-refractivity contribution is 0.372. The van der Waals surface area contributed by atoms with Crippen molar-refractivity contribution in [3.8, 4) is 17.1 Å². The summed E-state index contributed by atoms with van der Waals surface area (Å²) in [6.45, 7) is 0. The van der Waals surface area contributed by atoms with E-state index in [9.17, 15) is 13.6 Å². The minimum absolute atomic E-state index is 0.0299. The second-order valence-electron chi connectivity index (χ2n) is 4.38. The molecule has 0 bridgehead atoms. The molecule has 3 aromatic rings. The number of H-pyrrole nitrogens is 1. The third kappa shape index (κ3) is 2.14. The van der Waals surface area contributed by atoms with Crippen LogP contribution in [0.1, 0.15) is 0 Å². The standard InChI is InChI=1S/C15H10F2N2O2/c1-21-11-7-6-9(12(16)13(11)17)14-18-10-5-3-2-4-8(10)15(20)19-14/h2-7H,1H3,(H,18,19,20). The molecule has 0 aliphatic carbocycles. The summed E-state index contributed by atoms with van der Waals surface area (Å²) in [4.78, 5) is 18.6. The average molecular weight is 288 g/mol. The maximum absolute atomic E-state index is 14.0. The van der Waals surface area contributed by atoms with Gasteiger partial charge >= 0.3 is 0 Å². The Morgan fingerprint density at radius 1 is 1.10 bits per heavy atom. The Morgan fingerprint density at radius 2 is 1.86 bits per heavy atom. The highest BCUT2D eigenvalue weighted by Crippen LogP contribution is 2.27. The Balaban J connectivity index is 2.26. The summed E-state index contributed by atoms with van der Waals surface area (Å²) in [5.41, 5.74) is -0.130. The van der Waals surface area contributed by atoms with Crippen molar-refractivity contribution in [2.75, 3.05) is 7.11 Å². The van der Waals surface area contributed by atoms with Crippen molar-refractivity contribution in [3.05, 3.63) is 58.4 Å². The number of rotatable bonds is 2. The second kappa shape index (κ2) is 4.97. The van der Waals surface area contributed by atoms with Crippen LogP contribution >= 0.6 is 0 Å². The molecule has 1 aromatic heterocycles. The van der Waals surface area contributed by atoms with Crippen molar-refractivity contribution in [1.29, 1.82) is 0 Å². The molecule has 1 heterocycles. The van der Waals surface area contributed by atoms with Gasteiger partial charge in [-0.05, 0) is 24.3 Å². The fraction of sp³-hybridized carbons (Fsp3) is 0.0667. The zero-order valence-corrected chi connectivity index (χ0v) is 11.0. The van der Waals surface area contributed by atoms with Crippen molar-refractivity contribution < 1.29 is 13.5 Å². The molecule has 0 aliphatic heterocycles. The molecule has 0 spiro atoms. The Kier molecular flexibility index (Phi) is 3.13. The first-order chi connectivity index (χ1) is 10.1. The van der Waals surface area contributed by atoms with Gasteiger partial charge in [-0.1, -0.05) is 12.1 Å². The Morgan fingerprint density at radius 3 is 2.62 bits per heavy atom. The van der Waals surface area contributed by atoms with E-state index in [0.717, 1.165) is 0 Å². The van der Waals surface area contributed by atoms with Crippen LogP contribution < -0.4 is 10.3 Å². The minimum Gasteiger partial charge on any atom is -0.494 e. The van der Waals surface area contributed by atoms with E-state index in [0.29, 0.717) is 10.9 Å². The number of aromatic amines is 1. The van der Waals surface area contributed by atoms with E-state index < -0.39 is 17.2 Å². The van der Waals surface area contributed by atoms with Gasteiger partial charge in [-0.3, -0.25) is 4.79 Å². The molecule has 3 rings (SSSR count). The summed E-state index contributed by atoms with van der Waals surface area (Å²) in [7, 11) is 1.24. The molecule has 4 nitrogen and oxygen atoms in total. The molecular weight excluding hydrogens is 278 g/mol. The highest BCUT2D eigenvalue weighted by atomic mass is 19.2. The van der Waals surface area contributed by atoms with Gasteiger partial charge < -0.3 is 9.72 Å². The van der Waals surface area contributed by atoms with E-state index in [2.05, 4.69) is 9.97 Å². The lowest BCUT2D eigenvalue weighted by atomic mass is 10.1. The lowest BCUT2D eigenvalue weighted by Crippen LogP contribution is -2.10. The topological polar surface area (TPSA) is 55.0 Å². The Bertz CT molecular complexity index is 890. The molecular formula is C15H10F2N2O2. The SMILES string of the molecule is COc1ccc(-c2nc3ccccc3c(=O)[nH]2)c(F)c1F. The number of fused-ring (bicyclic) bond motifs is 1. The van der Waals surface area contributed by atoms with Gasteiger partial charge in [0.1, 0.15) is 5.82 Å². The first-order valence-corrected chi connectivity index (χ1v) is 6.13. The van der Waals surface area contributed by atoms with E-state index in [1.165, 1.54) is 19.2 Å². The quantitative estimate of drug-likeness (QED) is 0.789. The monoisotopic (exact) mass is 288 g/mol. The van der Waals surface area contributed by atoms with Gasteiger partial charge in [-0.25, -0.2) is 9.37 Å². The van der Waals surface area contributed by atoms with Gasteiger partial charge in [0.25, 0.3) is 5.56 Å². The van der Waals surface area contributed by atoms with Crippen LogP contribution in [-0.2, 0) is 0 Å². The number of hydrogen-bond acceptors (Lipinski definition) is 3. The normalized spacial score (nSPS) is 10.8. The number of benzene rings is 2. The summed E-state index contributed by atoms with van der Waals surface area (Å²) in [6.07, 6.45) is 0. The summed E-state index contributed by atoms with van der Waals surface area (Å²) in [6, 6.07) is 9.24. The van der Waals surface area contributed by atoms with Gasteiger partial charge in [-0.15, -0.1) is 0 Å². The van der Waals surface area contributed by atoms with Crippen LogP contribution in [0.3, 0.4) is 0 Å². The zero-order valence-electron chi connectivity index (χ0n) is 11.0. The maximum atomic E-state index is 14.0. The minimum atomic E-state index is -1.12. The average Bonchev–Trinajstić information content (AvgIpc) is 2.50. The van der Waals surface area contributed by atoms with E-state index in [1.54, 1.807) is 24.3 Å². The van der Waals surface area contributed by atoms with Crippen LogP contribution in [0.2, 0.25) is 0 Å². The fourth-order valence-electron chi connectivity index (χ4n) is 2.09. The number of aromatic nitrogens is 2. The fourth-order valence-corrected chi connectivity index (χ4v) is 2.09. The van der Waals surface area contributed by atoms with Crippen LogP contribution in [0.4, 0.5) is 8.78 Å². The van der Waals surface area contributed by atoms with E-state index >= 15 is 0 Å². The zero-order chi connectivity index (χ0) is 15.0. The van der Waals surface area contributed by atoms with Crippen LogP contribution in [0.25, 0.3) is 22.3 Å². The molecule has 2 aromatic carbocycles. The number of methoxy groups -OCH3 is 1. The first-order valence-electron chi connectivity index (χ1n) is 6.13. The lowest BCUT2D eigenvalue weighted by Gasteiger charge is -2.07. The number of para-hydroxylation sites is 1. The van der Waals surface area contributed by atoms with Gasteiger partial charge in [0.2, 0.25) is 5.82 Å². The molecule has 21 heavy (non-hydrogen) atoms. The summed E-state index contributed by atoms with van der Waals surface area (Å²) >= 11 is 0. The highest BCUT2D eigenvalue weighted by Gasteiger charge is 2.17. The molecule has 1 N–H and O–H groups in total. The molecule has 0 saturated heterocycles. The van der Waals surface area contributed by atoms with Crippen LogP contribution in [0.15, 0.2) is 41.2 Å². The van der Waals surface area contributed by atoms with Crippen molar-refractivity contribution in [2.24, 2.45) is 0 Å². The molecule has 0 amide bonds. The second-order valence-corrected chi connectivity index (χ2v) is 4.38. The van der Waals surface area contributed by atoms with Gasteiger partial charge in [-0.2, -0.15) is 4.39 Å². The van der Waals surface area contributed by atoms with Crippen molar-refractivity contribution in [2.45, 2.75) is 0 Å². The van der Waals surface area contributed by atoms with Crippen LogP contribution in [-0.4, -0.2) is 17.1 Å². The molecule has 0 aliphatic rings. The largest absolute Gasteiger partial charge is 0.494 e.